The summed E-state index contributed by atoms with van der Waals surface area (Å²) in [6.45, 7) is 0. The monoisotopic (exact) mass is 162 g/mol. The molecule has 0 nitrogen and oxygen atoms in total. The van der Waals surface area contributed by atoms with Crippen LogP contribution in [0.4, 0.5) is 0 Å². The van der Waals surface area contributed by atoms with Gasteiger partial charge in [-0.25, -0.2) is 0 Å². The van der Waals surface area contributed by atoms with E-state index in [0.717, 1.165) is 23.7 Å². The predicted octanol–water partition coefficient (Wildman–Crippen LogP) is 3.39. The Bertz CT molecular complexity index is 200. The summed E-state index contributed by atoms with van der Waals surface area (Å²) in [7, 11) is 0. The normalized spacial score (nSPS) is 46.2. The van der Waals surface area contributed by atoms with E-state index in [1.165, 1.54) is 19.3 Å². The van der Waals surface area contributed by atoms with E-state index in [4.69, 9.17) is 0 Å². The van der Waals surface area contributed by atoms with Gasteiger partial charge in [0.15, 0.2) is 0 Å². The van der Waals surface area contributed by atoms with Gasteiger partial charge in [-0.2, -0.15) is 0 Å². The first-order chi connectivity index (χ1) is 5.95. The molecular formula is C12H18. The van der Waals surface area contributed by atoms with E-state index in [1.54, 1.807) is 19.3 Å². The molecule has 0 aromatic rings. The molecule has 3 aliphatic carbocycles. The summed E-state index contributed by atoms with van der Waals surface area (Å²) >= 11 is 0. The molecule has 0 radical (unpaired) electrons. The molecule has 2 fully saturated rings. The second-order valence-electron chi connectivity index (χ2n) is 4.91. The molecule has 3 rings (SSSR count). The van der Waals surface area contributed by atoms with Crippen LogP contribution in [-0.2, 0) is 0 Å². The fourth-order valence-corrected chi connectivity index (χ4v) is 3.21. The molecule has 66 valence electrons. The Labute approximate surface area is 75.0 Å². The van der Waals surface area contributed by atoms with Gasteiger partial charge in [-0.15, -0.1) is 0 Å². The van der Waals surface area contributed by atoms with Crippen LogP contribution in [0.25, 0.3) is 0 Å². The average Bonchev–Trinajstić information content (AvgIpc) is 2.65. The Morgan fingerprint density at radius 2 is 1.67 bits per heavy atom. The van der Waals surface area contributed by atoms with E-state index >= 15 is 0 Å². The molecule has 3 unspecified atom stereocenters. The topological polar surface area (TPSA) is 0 Å². The minimum absolute atomic E-state index is 0.990. The second kappa shape index (κ2) is 2.61. The number of hydrogen-bond donors (Lipinski definition) is 0. The van der Waals surface area contributed by atoms with Crippen molar-refractivity contribution in [3.8, 4) is 0 Å². The van der Waals surface area contributed by atoms with Crippen LogP contribution in [-0.4, -0.2) is 0 Å². The molecule has 0 saturated heterocycles. The minimum atomic E-state index is 0.990. The lowest BCUT2D eigenvalue weighted by Crippen LogP contribution is -2.32. The lowest BCUT2D eigenvalue weighted by molar-refractivity contribution is 0.105. The zero-order valence-electron chi connectivity index (χ0n) is 7.71. The van der Waals surface area contributed by atoms with Crippen LogP contribution in [0.1, 0.15) is 38.5 Å². The van der Waals surface area contributed by atoms with Crippen LogP contribution in [0, 0.1) is 23.7 Å². The van der Waals surface area contributed by atoms with E-state index in [2.05, 4.69) is 12.2 Å². The molecule has 0 spiro atoms. The third-order valence-electron chi connectivity index (χ3n) is 4.21. The summed E-state index contributed by atoms with van der Waals surface area (Å²) in [4.78, 5) is 0. The van der Waals surface area contributed by atoms with Gasteiger partial charge >= 0.3 is 0 Å². The highest BCUT2D eigenvalue weighted by atomic mass is 14.5. The maximum Gasteiger partial charge on any atom is -0.0199 e. The van der Waals surface area contributed by atoms with E-state index in [0.29, 0.717) is 0 Å². The van der Waals surface area contributed by atoms with E-state index in [1.807, 2.05) is 0 Å². The molecule has 0 bridgehead atoms. The Balaban J connectivity index is 1.64. The fraction of sp³-hybridized carbons (Fsp3) is 0.833. The summed E-state index contributed by atoms with van der Waals surface area (Å²) in [6, 6.07) is 0. The van der Waals surface area contributed by atoms with Crippen molar-refractivity contribution in [2.75, 3.05) is 0 Å². The highest BCUT2D eigenvalue weighted by Gasteiger charge is 2.44. The molecule has 0 heteroatoms. The van der Waals surface area contributed by atoms with Gasteiger partial charge in [0.05, 0.1) is 0 Å². The molecule has 3 aliphatic rings. The number of rotatable bonds is 2. The largest absolute Gasteiger partial charge is 0.0882 e. The minimum Gasteiger partial charge on any atom is -0.0882 e. The molecule has 0 aromatic heterocycles. The van der Waals surface area contributed by atoms with Crippen molar-refractivity contribution in [1.82, 2.24) is 0 Å². The van der Waals surface area contributed by atoms with Crippen LogP contribution >= 0.6 is 0 Å². The van der Waals surface area contributed by atoms with Gasteiger partial charge in [0.25, 0.3) is 0 Å². The van der Waals surface area contributed by atoms with Gasteiger partial charge in [-0.05, 0) is 62.2 Å². The molecule has 0 amide bonds. The third-order valence-corrected chi connectivity index (χ3v) is 4.21. The Morgan fingerprint density at radius 3 is 2.17 bits per heavy atom. The lowest BCUT2D eigenvalue weighted by Gasteiger charge is -2.40. The van der Waals surface area contributed by atoms with Gasteiger partial charge in [0.2, 0.25) is 0 Å². The zero-order valence-corrected chi connectivity index (χ0v) is 7.71. The van der Waals surface area contributed by atoms with Crippen molar-refractivity contribution in [1.29, 1.82) is 0 Å². The molecule has 0 heterocycles. The van der Waals surface area contributed by atoms with Crippen molar-refractivity contribution < 1.29 is 0 Å². The van der Waals surface area contributed by atoms with Crippen LogP contribution in [0.5, 0.6) is 0 Å². The molecule has 3 atom stereocenters. The molecule has 12 heavy (non-hydrogen) atoms. The first kappa shape index (κ1) is 7.17. The quantitative estimate of drug-likeness (QED) is 0.546. The van der Waals surface area contributed by atoms with Crippen molar-refractivity contribution in [3.63, 3.8) is 0 Å². The van der Waals surface area contributed by atoms with E-state index < -0.39 is 0 Å². The SMILES string of the molecule is C1=CC(C2CCC2C2CC2)CC1. The van der Waals surface area contributed by atoms with Gasteiger partial charge in [-0.1, -0.05) is 12.2 Å². The highest BCUT2D eigenvalue weighted by molar-refractivity contribution is 5.04. The van der Waals surface area contributed by atoms with Crippen LogP contribution < -0.4 is 0 Å². The Morgan fingerprint density at radius 1 is 0.833 bits per heavy atom. The Hall–Kier alpha value is -0.260. The standard InChI is InChI=1S/C12H18/c1-2-4-9(3-1)11-7-8-12(11)10-5-6-10/h1,3,9-12H,2,4-8H2. The predicted molar refractivity (Wildman–Crippen MR) is 50.8 cm³/mol. The van der Waals surface area contributed by atoms with Crippen LogP contribution in [0.15, 0.2) is 12.2 Å². The molecule has 0 aromatic carbocycles. The first-order valence-corrected chi connectivity index (χ1v) is 5.62. The van der Waals surface area contributed by atoms with Crippen molar-refractivity contribution in [2.24, 2.45) is 23.7 Å². The van der Waals surface area contributed by atoms with Gasteiger partial charge in [0, 0.05) is 0 Å². The molecule has 0 aliphatic heterocycles. The summed E-state index contributed by atoms with van der Waals surface area (Å²) in [5.74, 6) is 4.41. The maximum absolute atomic E-state index is 2.50. The summed E-state index contributed by atoms with van der Waals surface area (Å²) in [5, 5.41) is 0. The third kappa shape index (κ3) is 1.04. The smallest absolute Gasteiger partial charge is 0.0199 e. The van der Waals surface area contributed by atoms with Crippen LogP contribution in [0.2, 0.25) is 0 Å². The van der Waals surface area contributed by atoms with E-state index in [9.17, 15) is 0 Å². The lowest BCUT2D eigenvalue weighted by atomic mass is 9.65. The van der Waals surface area contributed by atoms with Gasteiger partial charge in [0.1, 0.15) is 0 Å². The van der Waals surface area contributed by atoms with E-state index in [-0.39, 0.29) is 0 Å². The zero-order chi connectivity index (χ0) is 7.97. The van der Waals surface area contributed by atoms with Crippen molar-refractivity contribution in [3.05, 3.63) is 12.2 Å². The molecule has 2 saturated carbocycles. The Kier molecular flexibility index (Phi) is 1.56. The molecule has 0 N–H and O–H groups in total. The van der Waals surface area contributed by atoms with Gasteiger partial charge in [-0.3, -0.25) is 0 Å². The van der Waals surface area contributed by atoms with Crippen LogP contribution in [0.3, 0.4) is 0 Å². The average molecular weight is 162 g/mol. The highest BCUT2D eigenvalue weighted by Crippen LogP contribution is 2.54. The van der Waals surface area contributed by atoms with Crippen molar-refractivity contribution >= 4 is 0 Å². The number of hydrogen-bond acceptors (Lipinski definition) is 0. The van der Waals surface area contributed by atoms with Crippen molar-refractivity contribution in [2.45, 2.75) is 38.5 Å². The summed E-state index contributed by atoms with van der Waals surface area (Å²) in [5.41, 5.74) is 0. The van der Waals surface area contributed by atoms with Gasteiger partial charge < -0.3 is 0 Å². The molecular weight excluding hydrogens is 144 g/mol. The summed E-state index contributed by atoms with van der Waals surface area (Å²) < 4.78 is 0. The first-order valence-electron chi connectivity index (χ1n) is 5.62. The fourth-order valence-electron chi connectivity index (χ4n) is 3.21. The maximum atomic E-state index is 2.50. The number of allylic oxidation sites excluding steroid dienone is 2. The second-order valence-corrected chi connectivity index (χ2v) is 4.91. The summed E-state index contributed by atoms with van der Waals surface area (Å²) in [6.07, 6.45) is 13.9.